The minimum absolute atomic E-state index is 0.0851. The molecule has 8 heteroatoms. The standard InChI is InChI=1S/C21H17N5O3/c1-25-16-11-15(16)21(29,20(25)28)8-7-12-4-2-5-13(10-12)26-19-14(6-3-9-23-19)17(24-26)18(22)27/h2-6,9-10,15-16,29H,11H2,1H3,(H2,22,27)/t15?,16-,21-/m0/s1. The highest BCUT2D eigenvalue weighted by atomic mass is 16.3. The SMILES string of the molecule is CN1C(=O)[C@](O)(C#Cc2cccc(-n3nc(C(N)=O)c4cccnc43)c2)C2C[C@@H]21. The Morgan fingerprint density at radius 2 is 2.17 bits per heavy atom. The van der Waals surface area contributed by atoms with Gasteiger partial charge in [-0.3, -0.25) is 9.59 Å². The van der Waals surface area contributed by atoms with Crippen molar-refractivity contribution in [2.24, 2.45) is 11.7 Å². The number of aromatic nitrogens is 3. The summed E-state index contributed by atoms with van der Waals surface area (Å²) < 4.78 is 1.53. The first-order valence-electron chi connectivity index (χ1n) is 9.17. The fraction of sp³-hybridized carbons (Fsp3) is 0.238. The van der Waals surface area contributed by atoms with Crippen LogP contribution < -0.4 is 5.73 Å². The Labute approximate surface area is 165 Å². The highest BCUT2D eigenvalue weighted by molar-refractivity contribution is 6.03. The minimum atomic E-state index is -1.63. The quantitative estimate of drug-likeness (QED) is 0.620. The van der Waals surface area contributed by atoms with Crippen LogP contribution in [0.4, 0.5) is 0 Å². The summed E-state index contributed by atoms with van der Waals surface area (Å²) in [6, 6.07) is 10.7. The van der Waals surface area contributed by atoms with E-state index < -0.39 is 11.5 Å². The molecule has 0 spiro atoms. The molecule has 1 unspecified atom stereocenters. The summed E-state index contributed by atoms with van der Waals surface area (Å²) in [6.07, 6.45) is 2.38. The Balaban J connectivity index is 1.55. The third-order valence-corrected chi connectivity index (χ3v) is 5.60. The zero-order valence-electron chi connectivity index (χ0n) is 15.5. The van der Waals surface area contributed by atoms with Gasteiger partial charge in [0, 0.05) is 30.8 Å². The molecule has 1 saturated heterocycles. The maximum atomic E-state index is 12.3. The molecule has 3 heterocycles. The normalized spacial score (nSPS) is 24.9. The van der Waals surface area contributed by atoms with Crippen LogP contribution in [0.3, 0.4) is 0 Å². The second-order valence-corrected chi connectivity index (χ2v) is 7.39. The molecule has 1 aliphatic heterocycles. The predicted molar refractivity (Wildman–Crippen MR) is 104 cm³/mol. The first kappa shape index (κ1) is 17.4. The first-order valence-corrected chi connectivity index (χ1v) is 9.17. The number of piperidine rings is 1. The third-order valence-electron chi connectivity index (χ3n) is 5.60. The molecule has 3 aromatic rings. The van der Waals surface area contributed by atoms with Gasteiger partial charge in [-0.25, -0.2) is 9.67 Å². The van der Waals surface area contributed by atoms with Crippen molar-refractivity contribution in [3.05, 3.63) is 53.9 Å². The van der Waals surface area contributed by atoms with Crippen molar-refractivity contribution >= 4 is 22.8 Å². The van der Waals surface area contributed by atoms with Gasteiger partial charge in [0.1, 0.15) is 0 Å². The van der Waals surface area contributed by atoms with Crippen molar-refractivity contribution in [1.29, 1.82) is 0 Å². The van der Waals surface area contributed by atoms with Crippen LogP contribution in [0.15, 0.2) is 42.6 Å². The van der Waals surface area contributed by atoms with Gasteiger partial charge in [0.15, 0.2) is 11.3 Å². The molecule has 8 nitrogen and oxygen atoms in total. The molecule has 1 saturated carbocycles. The summed E-state index contributed by atoms with van der Waals surface area (Å²) in [5, 5.41) is 15.6. The van der Waals surface area contributed by atoms with Gasteiger partial charge in [-0.15, -0.1) is 0 Å². The van der Waals surface area contributed by atoms with Gasteiger partial charge in [0.25, 0.3) is 11.8 Å². The molecular weight excluding hydrogens is 370 g/mol. The van der Waals surface area contributed by atoms with E-state index in [1.54, 1.807) is 54.5 Å². The third kappa shape index (κ3) is 2.52. The minimum Gasteiger partial charge on any atom is -0.369 e. The fourth-order valence-electron chi connectivity index (χ4n) is 3.98. The van der Waals surface area contributed by atoms with Crippen LogP contribution in [-0.2, 0) is 4.79 Å². The summed E-state index contributed by atoms with van der Waals surface area (Å²) >= 11 is 0. The van der Waals surface area contributed by atoms with Crippen LogP contribution in [0.2, 0.25) is 0 Å². The van der Waals surface area contributed by atoms with Crippen molar-refractivity contribution in [2.45, 2.75) is 18.1 Å². The van der Waals surface area contributed by atoms with E-state index in [9.17, 15) is 14.7 Å². The van der Waals surface area contributed by atoms with E-state index in [1.807, 2.05) is 0 Å². The van der Waals surface area contributed by atoms with E-state index in [0.717, 1.165) is 6.42 Å². The highest BCUT2D eigenvalue weighted by Gasteiger charge is 2.66. The average molecular weight is 387 g/mol. The van der Waals surface area contributed by atoms with E-state index >= 15 is 0 Å². The number of nitrogens with two attached hydrogens (primary N) is 1. The number of carbonyl (C=O) groups is 2. The van der Waals surface area contributed by atoms with Crippen molar-refractivity contribution in [1.82, 2.24) is 19.7 Å². The predicted octanol–water partition coefficient (Wildman–Crippen LogP) is 0.462. The lowest BCUT2D eigenvalue weighted by Crippen LogP contribution is -2.41. The summed E-state index contributed by atoms with van der Waals surface area (Å²) in [4.78, 5) is 29.9. The van der Waals surface area contributed by atoms with Gasteiger partial charge in [0.05, 0.1) is 11.1 Å². The van der Waals surface area contributed by atoms with E-state index in [0.29, 0.717) is 22.3 Å². The number of pyridine rings is 1. The lowest BCUT2D eigenvalue weighted by atomic mass is 9.99. The van der Waals surface area contributed by atoms with E-state index in [-0.39, 0.29) is 23.6 Å². The van der Waals surface area contributed by atoms with Crippen molar-refractivity contribution in [3.8, 4) is 17.5 Å². The number of likely N-dealkylation sites (N-methyl/N-ethyl adjacent to an activating group) is 1. The zero-order chi connectivity index (χ0) is 20.3. The van der Waals surface area contributed by atoms with Crippen molar-refractivity contribution in [2.75, 3.05) is 7.05 Å². The number of hydrogen-bond acceptors (Lipinski definition) is 5. The number of amides is 2. The van der Waals surface area contributed by atoms with E-state index in [1.165, 1.54) is 4.68 Å². The molecule has 1 aromatic carbocycles. The monoisotopic (exact) mass is 387 g/mol. The van der Waals surface area contributed by atoms with Gasteiger partial charge in [-0.2, -0.15) is 5.10 Å². The largest absolute Gasteiger partial charge is 0.369 e. The second-order valence-electron chi connectivity index (χ2n) is 7.39. The molecule has 3 N–H and O–H groups in total. The van der Waals surface area contributed by atoms with E-state index in [4.69, 9.17) is 5.73 Å². The number of benzene rings is 1. The number of hydrogen-bond donors (Lipinski definition) is 2. The number of carbonyl (C=O) groups excluding carboxylic acids is 2. The van der Waals surface area contributed by atoms with Crippen molar-refractivity contribution < 1.29 is 14.7 Å². The topological polar surface area (TPSA) is 114 Å². The Hall–Kier alpha value is -3.70. The van der Waals surface area contributed by atoms with Crippen LogP contribution in [0, 0.1) is 17.8 Å². The Morgan fingerprint density at radius 3 is 2.90 bits per heavy atom. The van der Waals surface area contributed by atoms with Crippen LogP contribution in [-0.4, -0.2) is 55.3 Å². The summed E-state index contributed by atoms with van der Waals surface area (Å²) in [7, 11) is 1.69. The summed E-state index contributed by atoms with van der Waals surface area (Å²) in [6.45, 7) is 0. The zero-order valence-corrected chi connectivity index (χ0v) is 15.5. The first-order chi connectivity index (χ1) is 13.9. The molecule has 0 radical (unpaired) electrons. The number of fused-ring (bicyclic) bond motifs is 2. The molecule has 29 heavy (non-hydrogen) atoms. The second kappa shape index (κ2) is 5.90. The molecule has 0 bridgehead atoms. The number of primary amides is 1. The maximum Gasteiger partial charge on any atom is 0.269 e. The fourth-order valence-corrected chi connectivity index (χ4v) is 3.98. The van der Waals surface area contributed by atoms with Crippen LogP contribution in [0.25, 0.3) is 16.7 Å². The van der Waals surface area contributed by atoms with Gasteiger partial charge >= 0.3 is 0 Å². The van der Waals surface area contributed by atoms with Gasteiger partial charge in [0.2, 0.25) is 5.60 Å². The van der Waals surface area contributed by atoms with Crippen molar-refractivity contribution in [3.63, 3.8) is 0 Å². The van der Waals surface area contributed by atoms with Gasteiger partial charge < -0.3 is 15.7 Å². The molecule has 1 aliphatic carbocycles. The molecule has 144 valence electrons. The van der Waals surface area contributed by atoms with E-state index in [2.05, 4.69) is 21.9 Å². The number of likely N-dealkylation sites (tertiary alicyclic amines) is 1. The molecule has 5 rings (SSSR count). The summed E-state index contributed by atoms with van der Waals surface area (Å²) in [5.41, 5.74) is 5.70. The maximum absolute atomic E-state index is 12.3. The van der Waals surface area contributed by atoms with Gasteiger partial charge in [-0.05, 0) is 36.8 Å². The number of aliphatic hydroxyl groups is 1. The van der Waals surface area contributed by atoms with Crippen LogP contribution in [0.5, 0.6) is 0 Å². The molecule has 2 aromatic heterocycles. The molecule has 2 aliphatic rings. The molecule has 3 atom stereocenters. The smallest absolute Gasteiger partial charge is 0.269 e. The number of nitrogens with zero attached hydrogens (tertiary/aromatic N) is 4. The van der Waals surface area contributed by atoms with Gasteiger partial charge in [-0.1, -0.05) is 17.9 Å². The lowest BCUT2D eigenvalue weighted by Gasteiger charge is -2.18. The molecule has 2 amide bonds. The highest BCUT2D eigenvalue weighted by Crippen LogP contribution is 2.50. The lowest BCUT2D eigenvalue weighted by molar-refractivity contribution is -0.140. The van der Waals surface area contributed by atoms with Crippen LogP contribution >= 0.6 is 0 Å². The Kier molecular flexibility index (Phi) is 3.54. The Morgan fingerprint density at radius 1 is 1.34 bits per heavy atom. The number of rotatable bonds is 2. The Bertz CT molecular complexity index is 1250. The summed E-state index contributed by atoms with van der Waals surface area (Å²) in [5.74, 6) is 4.58. The molecule has 2 fully saturated rings. The average Bonchev–Trinajstić information content (AvgIpc) is 3.40. The molecular formula is C21H17N5O3. The van der Waals surface area contributed by atoms with Crippen LogP contribution in [0.1, 0.15) is 22.5 Å².